The van der Waals surface area contributed by atoms with E-state index in [-0.39, 0.29) is 0 Å². The van der Waals surface area contributed by atoms with Gasteiger partial charge in [-0.15, -0.1) is 0 Å². The Bertz CT molecular complexity index is 225. The van der Waals surface area contributed by atoms with Crippen LogP contribution in [-0.4, -0.2) is 36.6 Å². The third-order valence-corrected chi connectivity index (χ3v) is 4.98. The molecule has 2 fully saturated rings. The Hall–Kier alpha value is -0.0800. The highest BCUT2D eigenvalue weighted by Crippen LogP contribution is 2.29. The van der Waals surface area contributed by atoms with Gasteiger partial charge in [0.2, 0.25) is 0 Å². The lowest BCUT2D eigenvalue weighted by molar-refractivity contribution is 0.144. The monoisotopic (exact) mass is 252 g/mol. The summed E-state index contributed by atoms with van der Waals surface area (Å²) in [5, 5.41) is 3.64. The number of hydrogen-bond acceptors (Lipinski definition) is 2. The second kappa shape index (κ2) is 6.91. The van der Waals surface area contributed by atoms with Crippen LogP contribution in [0.5, 0.6) is 0 Å². The minimum absolute atomic E-state index is 0.701. The Morgan fingerprint density at radius 1 is 1.06 bits per heavy atom. The van der Waals surface area contributed by atoms with E-state index in [1.165, 1.54) is 58.2 Å². The van der Waals surface area contributed by atoms with Crippen molar-refractivity contribution >= 4 is 0 Å². The molecule has 0 amide bonds. The fourth-order valence-corrected chi connectivity index (χ4v) is 3.54. The van der Waals surface area contributed by atoms with Gasteiger partial charge in [-0.05, 0) is 57.9 Å². The van der Waals surface area contributed by atoms with Crippen molar-refractivity contribution < 1.29 is 0 Å². The zero-order valence-corrected chi connectivity index (χ0v) is 12.6. The van der Waals surface area contributed by atoms with Crippen molar-refractivity contribution in [2.45, 2.75) is 71.4 Å². The maximum Gasteiger partial charge on any atom is 0.0195 e. The first-order chi connectivity index (χ1) is 8.65. The fourth-order valence-electron chi connectivity index (χ4n) is 3.54. The molecule has 1 aliphatic heterocycles. The van der Waals surface area contributed by atoms with E-state index >= 15 is 0 Å². The van der Waals surface area contributed by atoms with E-state index < -0.39 is 0 Å². The normalized spacial score (nSPS) is 33.5. The van der Waals surface area contributed by atoms with Gasteiger partial charge in [-0.2, -0.15) is 0 Å². The van der Waals surface area contributed by atoms with Crippen LogP contribution in [0.15, 0.2) is 0 Å². The van der Waals surface area contributed by atoms with Crippen LogP contribution in [0, 0.1) is 11.8 Å². The Balaban J connectivity index is 1.78. The van der Waals surface area contributed by atoms with Crippen LogP contribution in [0.1, 0.15) is 59.3 Å². The summed E-state index contributed by atoms with van der Waals surface area (Å²) >= 11 is 0. The lowest BCUT2D eigenvalue weighted by atomic mass is 9.82. The maximum absolute atomic E-state index is 3.64. The van der Waals surface area contributed by atoms with Crippen molar-refractivity contribution in [2.24, 2.45) is 11.8 Å². The van der Waals surface area contributed by atoms with Crippen molar-refractivity contribution in [1.29, 1.82) is 0 Å². The molecule has 1 saturated carbocycles. The maximum atomic E-state index is 3.64. The van der Waals surface area contributed by atoms with E-state index in [0.29, 0.717) is 6.04 Å². The zero-order chi connectivity index (χ0) is 13.0. The number of hydrogen-bond donors (Lipinski definition) is 1. The molecule has 0 aromatic carbocycles. The quantitative estimate of drug-likeness (QED) is 0.808. The Kier molecular flexibility index (Phi) is 5.50. The van der Waals surface area contributed by atoms with Crippen molar-refractivity contribution in [1.82, 2.24) is 10.2 Å². The average Bonchev–Trinajstić information content (AvgIpc) is 2.84. The van der Waals surface area contributed by atoms with E-state index in [2.05, 4.69) is 31.0 Å². The van der Waals surface area contributed by atoms with Crippen molar-refractivity contribution in [3.05, 3.63) is 0 Å². The molecule has 0 spiro atoms. The molecule has 0 bridgehead atoms. The largest absolute Gasteiger partial charge is 0.313 e. The first-order valence-corrected chi connectivity index (χ1v) is 8.12. The highest BCUT2D eigenvalue weighted by molar-refractivity contribution is 4.81. The topological polar surface area (TPSA) is 15.3 Å². The summed E-state index contributed by atoms with van der Waals surface area (Å²) in [4.78, 5) is 2.73. The predicted molar refractivity (Wildman–Crippen MR) is 78.9 cm³/mol. The fraction of sp³-hybridized carbons (Fsp3) is 1.00. The number of nitrogens with one attached hydrogen (secondary N) is 1. The third kappa shape index (κ3) is 4.24. The molecular formula is C16H32N2. The summed E-state index contributed by atoms with van der Waals surface area (Å²) in [7, 11) is 0. The molecule has 1 atom stereocenters. The van der Waals surface area contributed by atoms with Gasteiger partial charge in [0.15, 0.2) is 0 Å². The summed E-state index contributed by atoms with van der Waals surface area (Å²) < 4.78 is 0. The Labute approximate surface area is 114 Å². The summed E-state index contributed by atoms with van der Waals surface area (Å²) in [5.41, 5.74) is 0. The molecule has 0 aromatic rings. The molecule has 1 unspecified atom stereocenters. The Morgan fingerprint density at radius 3 is 2.33 bits per heavy atom. The molecule has 18 heavy (non-hydrogen) atoms. The molecule has 1 heterocycles. The average molecular weight is 252 g/mol. The van der Waals surface area contributed by atoms with E-state index in [1.54, 1.807) is 0 Å². The number of rotatable bonds is 5. The SMILES string of the molecule is CC1CCC(CN(CC2CCCN2)C(C)C)CC1. The molecular weight excluding hydrogens is 220 g/mol. The van der Waals surface area contributed by atoms with Crippen LogP contribution in [0.3, 0.4) is 0 Å². The second-order valence-corrected chi connectivity index (χ2v) is 6.97. The van der Waals surface area contributed by atoms with Crippen LogP contribution in [0.25, 0.3) is 0 Å². The van der Waals surface area contributed by atoms with Gasteiger partial charge in [-0.1, -0.05) is 19.8 Å². The third-order valence-electron chi connectivity index (χ3n) is 4.98. The van der Waals surface area contributed by atoms with Crippen LogP contribution in [0.4, 0.5) is 0 Å². The summed E-state index contributed by atoms with van der Waals surface area (Å²) in [5.74, 6) is 1.94. The van der Waals surface area contributed by atoms with E-state index in [0.717, 1.165) is 17.9 Å². The van der Waals surface area contributed by atoms with Gasteiger partial charge >= 0.3 is 0 Å². The van der Waals surface area contributed by atoms with Crippen molar-refractivity contribution in [2.75, 3.05) is 19.6 Å². The first-order valence-electron chi connectivity index (χ1n) is 8.12. The van der Waals surface area contributed by atoms with Crippen LogP contribution in [-0.2, 0) is 0 Å². The minimum Gasteiger partial charge on any atom is -0.313 e. The molecule has 2 aliphatic rings. The molecule has 2 rings (SSSR count). The molecule has 1 aliphatic carbocycles. The van der Waals surface area contributed by atoms with Gasteiger partial charge in [-0.3, -0.25) is 4.90 Å². The van der Waals surface area contributed by atoms with E-state index in [1.807, 2.05) is 0 Å². The van der Waals surface area contributed by atoms with Crippen LogP contribution in [0.2, 0.25) is 0 Å². The smallest absolute Gasteiger partial charge is 0.0195 e. The van der Waals surface area contributed by atoms with Crippen molar-refractivity contribution in [3.8, 4) is 0 Å². The standard InChI is InChI=1S/C16H32N2/c1-13(2)18(12-16-5-4-10-17-16)11-15-8-6-14(3)7-9-15/h13-17H,4-12H2,1-3H3. The lowest BCUT2D eigenvalue weighted by Crippen LogP contribution is -2.43. The van der Waals surface area contributed by atoms with Gasteiger partial charge < -0.3 is 5.32 Å². The summed E-state index contributed by atoms with van der Waals surface area (Å²) in [6.07, 6.45) is 8.59. The molecule has 1 saturated heterocycles. The van der Waals surface area contributed by atoms with Gasteiger partial charge in [-0.25, -0.2) is 0 Å². The first kappa shape index (κ1) is 14.3. The van der Waals surface area contributed by atoms with Crippen molar-refractivity contribution in [3.63, 3.8) is 0 Å². The zero-order valence-electron chi connectivity index (χ0n) is 12.6. The lowest BCUT2D eigenvalue weighted by Gasteiger charge is -2.35. The van der Waals surface area contributed by atoms with E-state index in [4.69, 9.17) is 0 Å². The Morgan fingerprint density at radius 2 is 1.78 bits per heavy atom. The summed E-state index contributed by atoms with van der Waals surface area (Å²) in [6.45, 7) is 11.0. The molecule has 0 aromatic heterocycles. The van der Waals surface area contributed by atoms with Gasteiger partial charge in [0.25, 0.3) is 0 Å². The highest BCUT2D eigenvalue weighted by atomic mass is 15.2. The van der Waals surface area contributed by atoms with E-state index in [9.17, 15) is 0 Å². The van der Waals surface area contributed by atoms with Crippen LogP contribution < -0.4 is 5.32 Å². The molecule has 2 heteroatoms. The number of nitrogens with zero attached hydrogens (tertiary/aromatic N) is 1. The molecule has 0 radical (unpaired) electrons. The highest BCUT2D eigenvalue weighted by Gasteiger charge is 2.24. The molecule has 2 nitrogen and oxygen atoms in total. The van der Waals surface area contributed by atoms with Gasteiger partial charge in [0.05, 0.1) is 0 Å². The van der Waals surface area contributed by atoms with Crippen LogP contribution >= 0.6 is 0 Å². The predicted octanol–water partition coefficient (Wildman–Crippen LogP) is 3.28. The molecule has 106 valence electrons. The van der Waals surface area contributed by atoms with Gasteiger partial charge in [0, 0.05) is 25.2 Å². The summed E-state index contributed by atoms with van der Waals surface area (Å²) in [6, 6.07) is 1.46. The second-order valence-electron chi connectivity index (χ2n) is 6.97. The molecule has 1 N–H and O–H groups in total. The van der Waals surface area contributed by atoms with Gasteiger partial charge in [0.1, 0.15) is 0 Å². The minimum atomic E-state index is 0.701.